The van der Waals surface area contributed by atoms with Crippen molar-refractivity contribution in [1.29, 1.82) is 0 Å². The third-order valence-electron chi connectivity index (χ3n) is 4.35. The van der Waals surface area contributed by atoms with Crippen molar-refractivity contribution < 1.29 is 9.53 Å². The summed E-state index contributed by atoms with van der Waals surface area (Å²) >= 11 is 6.40. The van der Waals surface area contributed by atoms with Crippen LogP contribution in [-0.2, 0) is 14.9 Å². The minimum atomic E-state index is -0.116. The summed E-state index contributed by atoms with van der Waals surface area (Å²) in [5, 5.41) is 6.92. The fourth-order valence-corrected chi connectivity index (χ4v) is 3.31. The molecule has 4 nitrogen and oxygen atoms in total. The van der Waals surface area contributed by atoms with E-state index in [0.717, 1.165) is 36.4 Å². The van der Waals surface area contributed by atoms with Gasteiger partial charge in [0.05, 0.1) is 0 Å². The third-order valence-corrected chi connectivity index (χ3v) is 4.68. The van der Waals surface area contributed by atoms with E-state index in [1.165, 1.54) is 0 Å². The van der Waals surface area contributed by atoms with E-state index < -0.39 is 0 Å². The van der Waals surface area contributed by atoms with Crippen molar-refractivity contribution in [2.24, 2.45) is 0 Å². The maximum absolute atomic E-state index is 12.0. The van der Waals surface area contributed by atoms with Crippen molar-refractivity contribution in [3.05, 3.63) is 34.9 Å². The molecule has 0 bridgehead atoms. The Morgan fingerprint density at radius 1 is 1.30 bits per heavy atom. The molecule has 1 aliphatic rings. The van der Waals surface area contributed by atoms with Crippen molar-refractivity contribution in [3.63, 3.8) is 0 Å². The Labute approximate surface area is 149 Å². The molecule has 23 heavy (non-hydrogen) atoms. The largest absolute Gasteiger partial charge is 0.381 e. The number of halogens is 2. The Hall–Kier alpha value is -0.810. The molecule has 0 atom stereocenters. The summed E-state index contributed by atoms with van der Waals surface area (Å²) in [6.07, 6.45) is 3.17. The van der Waals surface area contributed by atoms with Crippen molar-refractivity contribution in [2.75, 3.05) is 33.4 Å². The van der Waals surface area contributed by atoms with E-state index >= 15 is 0 Å². The number of carbonyl (C=O) groups excluding carboxylic acids is 1. The highest BCUT2D eigenvalue weighted by Crippen LogP contribution is 2.38. The van der Waals surface area contributed by atoms with Gasteiger partial charge in [-0.05, 0) is 44.5 Å². The molecule has 2 N–H and O–H groups in total. The van der Waals surface area contributed by atoms with Gasteiger partial charge in [-0.1, -0.05) is 29.8 Å². The molecule has 1 heterocycles. The SMILES string of the molecule is CNCCCC(=O)NCC1(c2ccccc2Cl)CCOCC1.Cl. The number of nitrogens with one attached hydrogen (secondary N) is 2. The van der Waals surface area contributed by atoms with E-state index in [1.807, 2.05) is 25.2 Å². The topological polar surface area (TPSA) is 50.4 Å². The molecular weight excluding hydrogens is 335 g/mol. The van der Waals surface area contributed by atoms with Gasteiger partial charge in [0.2, 0.25) is 5.91 Å². The van der Waals surface area contributed by atoms with Gasteiger partial charge in [-0.15, -0.1) is 12.4 Å². The Kier molecular flexibility index (Phi) is 8.92. The van der Waals surface area contributed by atoms with E-state index in [4.69, 9.17) is 16.3 Å². The number of amides is 1. The minimum absolute atomic E-state index is 0. The summed E-state index contributed by atoms with van der Waals surface area (Å²) in [5.74, 6) is 0.105. The normalized spacial score (nSPS) is 16.4. The molecule has 0 saturated carbocycles. The summed E-state index contributed by atoms with van der Waals surface area (Å²) in [6.45, 7) is 2.90. The first-order valence-corrected chi connectivity index (χ1v) is 8.30. The lowest BCUT2D eigenvalue weighted by Crippen LogP contribution is -2.44. The van der Waals surface area contributed by atoms with Crippen LogP contribution in [0, 0.1) is 0 Å². The van der Waals surface area contributed by atoms with Gasteiger partial charge < -0.3 is 15.4 Å². The zero-order chi connectivity index (χ0) is 15.8. The van der Waals surface area contributed by atoms with Gasteiger partial charge in [0.15, 0.2) is 0 Å². The van der Waals surface area contributed by atoms with Gasteiger partial charge in [-0.25, -0.2) is 0 Å². The van der Waals surface area contributed by atoms with Crippen LogP contribution >= 0.6 is 24.0 Å². The van der Waals surface area contributed by atoms with Crippen LogP contribution in [0.2, 0.25) is 5.02 Å². The summed E-state index contributed by atoms with van der Waals surface area (Å²) < 4.78 is 5.51. The molecule has 1 saturated heterocycles. The summed E-state index contributed by atoms with van der Waals surface area (Å²) in [6, 6.07) is 7.94. The Morgan fingerprint density at radius 3 is 2.65 bits per heavy atom. The summed E-state index contributed by atoms with van der Waals surface area (Å²) in [7, 11) is 1.90. The number of benzene rings is 1. The first kappa shape index (κ1) is 20.2. The molecule has 0 spiro atoms. The lowest BCUT2D eigenvalue weighted by molar-refractivity contribution is -0.121. The molecule has 0 radical (unpaired) electrons. The molecule has 1 fully saturated rings. The smallest absolute Gasteiger partial charge is 0.220 e. The van der Waals surface area contributed by atoms with Crippen LogP contribution in [0.25, 0.3) is 0 Å². The first-order chi connectivity index (χ1) is 10.7. The Balaban J connectivity index is 0.00000264. The summed E-state index contributed by atoms with van der Waals surface area (Å²) in [4.78, 5) is 12.0. The zero-order valence-corrected chi connectivity index (χ0v) is 15.1. The second kappa shape index (κ2) is 10.1. The van der Waals surface area contributed by atoms with Crippen LogP contribution in [0.1, 0.15) is 31.2 Å². The third kappa shape index (κ3) is 5.64. The molecule has 6 heteroatoms. The minimum Gasteiger partial charge on any atom is -0.381 e. The van der Waals surface area contributed by atoms with Crippen LogP contribution in [0.15, 0.2) is 24.3 Å². The number of carbonyl (C=O) groups is 1. The van der Waals surface area contributed by atoms with E-state index in [9.17, 15) is 4.79 Å². The van der Waals surface area contributed by atoms with Gasteiger partial charge in [0, 0.05) is 36.6 Å². The number of hydrogen-bond donors (Lipinski definition) is 2. The highest BCUT2D eigenvalue weighted by atomic mass is 35.5. The van der Waals surface area contributed by atoms with Crippen LogP contribution in [-0.4, -0.2) is 39.3 Å². The summed E-state index contributed by atoms with van der Waals surface area (Å²) in [5.41, 5.74) is 1.01. The van der Waals surface area contributed by atoms with Crippen LogP contribution in [0.4, 0.5) is 0 Å². The molecule has 1 amide bonds. The molecule has 1 aromatic rings. The highest BCUT2D eigenvalue weighted by Gasteiger charge is 2.36. The van der Waals surface area contributed by atoms with Gasteiger partial charge >= 0.3 is 0 Å². The van der Waals surface area contributed by atoms with Gasteiger partial charge in [0.25, 0.3) is 0 Å². The molecule has 1 aromatic carbocycles. The van der Waals surface area contributed by atoms with Gasteiger partial charge in [-0.3, -0.25) is 4.79 Å². The number of ether oxygens (including phenoxy) is 1. The van der Waals surface area contributed by atoms with Crippen molar-refractivity contribution in [1.82, 2.24) is 10.6 Å². The Morgan fingerprint density at radius 2 is 2.00 bits per heavy atom. The molecular formula is C17H26Cl2N2O2. The van der Waals surface area contributed by atoms with Crippen LogP contribution in [0.5, 0.6) is 0 Å². The molecule has 1 aliphatic heterocycles. The lowest BCUT2D eigenvalue weighted by Gasteiger charge is -2.38. The van der Waals surface area contributed by atoms with Gasteiger partial charge in [0.1, 0.15) is 0 Å². The standard InChI is InChI=1S/C17H25ClN2O2.ClH/c1-19-10-4-7-16(21)20-13-17(8-11-22-12-9-17)14-5-2-3-6-15(14)18;/h2-3,5-6,19H,4,7-13H2,1H3,(H,20,21);1H. The molecule has 0 aromatic heterocycles. The monoisotopic (exact) mass is 360 g/mol. The predicted octanol–water partition coefficient (Wildman–Crippen LogP) is 2.93. The van der Waals surface area contributed by atoms with Crippen LogP contribution < -0.4 is 10.6 Å². The van der Waals surface area contributed by atoms with Crippen molar-refractivity contribution in [2.45, 2.75) is 31.1 Å². The predicted molar refractivity (Wildman–Crippen MR) is 96.6 cm³/mol. The molecule has 130 valence electrons. The van der Waals surface area contributed by atoms with E-state index in [0.29, 0.717) is 26.2 Å². The van der Waals surface area contributed by atoms with Gasteiger partial charge in [-0.2, -0.15) is 0 Å². The van der Waals surface area contributed by atoms with Crippen LogP contribution in [0.3, 0.4) is 0 Å². The molecule has 2 rings (SSSR count). The fraction of sp³-hybridized carbons (Fsp3) is 0.588. The molecule has 0 unspecified atom stereocenters. The quantitative estimate of drug-likeness (QED) is 0.735. The molecule has 0 aliphatic carbocycles. The van der Waals surface area contributed by atoms with Crippen molar-refractivity contribution >= 4 is 29.9 Å². The Bertz CT molecular complexity index is 491. The maximum Gasteiger partial charge on any atom is 0.220 e. The van der Waals surface area contributed by atoms with E-state index in [1.54, 1.807) is 0 Å². The maximum atomic E-state index is 12.0. The lowest BCUT2D eigenvalue weighted by atomic mass is 9.74. The van der Waals surface area contributed by atoms with E-state index in [-0.39, 0.29) is 23.7 Å². The van der Waals surface area contributed by atoms with E-state index in [2.05, 4.69) is 16.7 Å². The highest BCUT2D eigenvalue weighted by molar-refractivity contribution is 6.31. The number of hydrogen-bond acceptors (Lipinski definition) is 3. The second-order valence-corrected chi connectivity index (χ2v) is 6.26. The fourth-order valence-electron chi connectivity index (χ4n) is 2.98. The van der Waals surface area contributed by atoms with Crippen molar-refractivity contribution in [3.8, 4) is 0 Å². The average molecular weight is 361 g/mol. The average Bonchev–Trinajstić information content (AvgIpc) is 2.54. The first-order valence-electron chi connectivity index (χ1n) is 7.92. The zero-order valence-electron chi connectivity index (χ0n) is 13.6. The number of rotatable bonds is 7. The second-order valence-electron chi connectivity index (χ2n) is 5.86.